The third-order valence-corrected chi connectivity index (χ3v) is 13.5. The maximum atomic E-state index is 14.1. The van der Waals surface area contributed by atoms with Gasteiger partial charge < -0.3 is 39.6 Å². The predicted octanol–water partition coefficient (Wildman–Crippen LogP) is 7.98. The minimum absolute atomic E-state index is 0.108. The minimum Gasteiger partial charge on any atom is -0.453 e. The van der Waals surface area contributed by atoms with Gasteiger partial charge in [-0.05, 0) is 95.7 Å². The number of aliphatic imine (C=N–C) groups is 1. The molecule has 1 aliphatic carbocycles. The lowest BCUT2D eigenvalue weighted by atomic mass is 9.89. The Bertz CT molecular complexity index is 2630. The van der Waals surface area contributed by atoms with Crippen molar-refractivity contribution < 1.29 is 33.4 Å². The van der Waals surface area contributed by atoms with Crippen LogP contribution < -0.4 is 10.6 Å². The largest absolute Gasteiger partial charge is 0.453 e. The molecule has 64 heavy (non-hydrogen) atoms. The minimum atomic E-state index is -0.882. The molecule has 1 aromatic heterocycles. The number of nitrogens with one attached hydrogen (secondary N) is 3. The van der Waals surface area contributed by atoms with Crippen LogP contribution in [0.25, 0.3) is 38.7 Å². The van der Waals surface area contributed by atoms with Crippen molar-refractivity contribution in [2.45, 2.75) is 81.8 Å². The Hall–Kier alpha value is -6.80. The number of piperidine rings is 1. The Kier molecular flexibility index (Phi) is 12.0. The maximum absolute atomic E-state index is 14.1. The first-order valence-electron chi connectivity index (χ1n) is 22.0. The van der Waals surface area contributed by atoms with E-state index in [0.717, 1.165) is 82.1 Å². The molecule has 1 saturated carbocycles. The normalized spacial score (nSPS) is 21.6. The van der Waals surface area contributed by atoms with Crippen molar-refractivity contribution >= 4 is 46.1 Å². The van der Waals surface area contributed by atoms with Gasteiger partial charge in [-0.1, -0.05) is 78.9 Å². The molecule has 4 heterocycles. The van der Waals surface area contributed by atoms with E-state index in [2.05, 4.69) is 76.3 Å². The van der Waals surface area contributed by atoms with Crippen LogP contribution in [0, 0.1) is 5.92 Å². The number of aromatic nitrogens is 2. The van der Waals surface area contributed by atoms with Crippen molar-refractivity contribution in [2.24, 2.45) is 10.9 Å². The molecule has 7 atom stereocenters. The van der Waals surface area contributed by atoms with Gasteiger partial charge in [-0.2, -0.15) is 0 Å². The van der Waals surface area contributed by atoms with Gasteiger partial charge in [-0.25, -0.2) is 14.6 Å². The van der Waals surface area contributed by atoms with E-state index < -0.39 is 30.4 Å². The second-order valence-electron chi connectivity index (χ2n) is 17.1. The molecule has 5 aromatic rings. The monoisotopic (exact) mass is 863 g/mol. The summed E-state index contributed by atoms with van der Waals surface area (Å²) >= 11 is 0. The second-order valence-corrected chi connectivity index (χ2v) is 17.1. The lowest BCUT2D eigenvalue weighted by Crippen LogP contribution is -2.59. The van der Waals surface area contributed by atoms with E-state index in [1.54, 1.807) is 11.8 Å². The van der Waals surface area contributed by atoms with Gasteiger partial charge in [0, 0.05) is 43.6 Å². The predicted molar refractivity (Wildman–Crippen MR) is 243 cm³/mol. The summed E-state index contributed by atoms with van der Waals surface area (Å²) in [6.07, 6.45) is 7.04. The average molecular weight is 864 g/mol. The fraction of sp³-hybridized carbons (Fsp3) is 0.360. The third kappa shape index (κ3) is 8.25. The lowest BCUT2D eigenvalue weighted by molar-refractivity contribution is -0.139. The van der Waals surface area contributed by atoms with Gasteiger partial charge in [-0.3, -0.25) is 14.6 Å². The summed E-state index contributed by atoms with van der Waals surface area (Å²) in [6.45, 7) is 2.33. The van der Waals surface area contributed by atoms with Gasteiger partial charge >= 0.3 is 12.2 Å². The molecule has 4 aliphatic rings. The Balaban J connectivity index is 0.860. The molecule has 1 unspecified atom stereocenters. The SMILES string of the molecule is COC(=O)NC(C(=O)N1CCC[C@H]1c1ncc(-c2ccc3cc(-c4ccc(C5=CN=C([C@@H]6[C@H]7CC[C@H](C7)N6C(=O)[C@@H](NC(=O)OC)[C@@H](C)OC)C5)cc4)ccc3c2)[nH]1)c1ccccc1. The topological polar surface area (TPSA) is 168 Å². The number of likely N-dealkylation sites (tertiary alicyclic amines) is 2. The van der Waals surface area contributed by atoms with E-state index in [1.807, 2.05) is 47.6 Å². The zero-order valence-corrected chi connectivity index (χ0v) is 36.5. The number of H-pyrrole nitrogens is 1. The third-order valence-electron chi connectivity index (χ3n) is 13.5. The summed E-state index contributed by atoms with van der Waals surface area (Å²) in [5.41, 5.74) is 7.91. The smallest absolute Gasteiger partial charge is 0.407 e. The van der Waals surface area contributed by atoms with E-state index in [0.29, 0.717) is 30.3 Å². The first kappa shape index (κ1) is 42.5. The Morgan fingerprint density at radius 2 is 1.47 bits per heavy atom. The first-order chi connectivity index (χ1) is 31.1. The van der Waals surface area contributed by atoms with E-state index >= 15 is 0 Å². The molecule has 14 nitrogen and oxygen atoms in total. The molecule has 4 aromatic carbocycles. The summed E-state index contributed by atoms with van der Waals surface area (Å²) in [5, 5.41) is 7.62. The Morgan fingerprint density at radius 3 is 2.20 bits per heavy atom. The molecule has 9 rings (SSSR count). The van der Waals surface area contributed by atoms with E-state index in [9.17, 15) is 19.2 Å². The second kappa shape index (κ2) is 18.1. The molecule has 0 radical (unpaired) electrons. The van der Waals surface area contributed by atoms with Crippen molar-refractivity contribution in [1.82, 2.24) is 30.4 Å². The van der Waals surface area contributed by atoms with Crippen LogP contribution >= 0.6 is 0 Å². The number of alkyl carbamates (subject to hydrolysis) is 2. The highest BCUT2D eigenvalue weighted by atomic mass is 16.5. The zero-order chi connectivity index (χ0) is 44.5. The van der Waals surface area contributed by atoms with Crippen LogP contribution in [-0.4, -0.2) is 102 Å². The van der Waals surface area contributed by atoms with Crippen molar-refractivity contribution in [3.8, 4) is 22.4 Å². The fourth-order valence-electron chi connectivity index (χ4n) is 10.1. The standard InChI is InChI=1S/C50H53N7O7/c1-29(62-2)43(54-49(60)63-3)48(59)57-39-21-20-37(25-39)45(57)40-26-38(27-51-40)31-14-12-30(13-15-31)33-16-17-35-24-36(19-18-34(35)23-33)41-28-52-46(53-41)42-11-8-22-56(42)47(58)44(55-50(61)64-4)32-9-6-5-7-10-32/h5-7,9-10,12-19,23-24,27-29,37,39,42-45H,8,11,20-22,25-26H2,1-4H3,(H,52,53)(H,54,60)(H,55,61)/t29-,37+,39-,42+,43+,44?,45+/m1/s1. The van der Waals surface area contributed by atoms with Crippen molar-refractivity contribution in [1.29, 1.82) is 0 Å². The van der Waals surface area contributed by atoms with Crippen LogP contribution in [0.15, 0.2) is 108 Å². The number of amides is 4. The molecule has 330 valence electrons. The summed E-state index contributed by atoms with van der Waals surface area (Å²) in [4.78, 5) is 69.4. The van der Waals surface area contributed by atoms with Gasteiger partial charge in [-0.15, -0.1) is 0 Å². The molecule has 3 N–H and O–H groups in total. The van der Waals surface area contributed by atoms with E-state index in [4.69, 9.17) is 24.2 Å². The summed E-state index contributed by atoms with van der Waals surface area (Å²) in [6, 6.07) is 28.6. The van der Waals surface area contributed by atoms with Crippen LogP contribution in [0.3, 0.4) is 0 Å². The number of imidazole rings is 1. The highest BCUT2D eigenvalue weighted by molar-refractivity contribution is 6.04. The number of hydrogen-bond donors (Lipinski definition) is 3. The van der Waals surface area contributed by atoms with Gasteiger partial charge in [0.15, 0.2) is 0 Å². The van der Waals surface area contributed by atoms with Gasteiger partial charge in [0.05, 0.1) is 44.3 Å². The number of carbonyl (C=O) groups excluding carboxylic acids is 4. The maximum Gasteiger partial charge on any atom is 0.407 e. The molecular formula is C50H53N7O7. The molecule has 2 saturated heterocycles. The van der Waals surface area contributed by atoms with Gasteiger partial charge in [0.1, 0.15) is 17.9 Å². The van der Waals surface area contributed by atoms with E-state index in [1.165, 1.54) is 21.3 Å². The summed E-state index contributed by atoms with van der Waals surface area (Å²) < 4.78 is 15.2. The van der Waals surface area contributed by atoms with E-state index in [-0.39, 0.29) is 29.9 Å². The molecule has 3 aliphatic heterocycles. The molecule has 14 heteroatoms. The number of methoxy groups -OCH3 is 3. The summed E-state index contributed by atoms with van der Waals surface area (Å²) in [7, 11) is 4.10. The number of ether oxygens (including phenoxy) is 3. The number of rotatable bonds is 12. The Morgan fingerprint density at radius 1 is 0.781 bits per heavy atom. The van der Waals surface area contributed by atoms with Crippen molar-refractivity contribution in [3.05, 3.63) is 120 Å². The number of benzene rings is 4. The number of allylic oxidation sites excluding steroid dienone is 1. The molecule has 3 fully saturated rings. The number of hydrogen-bond acceptors (Lipinski definition) is 9. The zero-order valence-electron chi connectivity index (χ0n) is 36.5. The lowest BCUT2D eigenvalue weighted by Gasteiger charge is -2.38. The van der Waals surface area contributed by atoms with Crippen LogP contribution in [0.4, 0.5) is 9.59 Å². The van der Waals surface area contributed by atoms with Gasteiger partial charge in [0.25, 0.3) is 5.91 Å². The van der Waals surface area contributed by atoms with Crippen molar-refractivity contribution in [3.63, 3.8) is 0 Å². The Labute approximate surface area is 372 Å². The van der Waals surface area contributed by atoms with Crippen LogP contribution in [0.1, 0.15) is 74.5 Å². The van der Waals surface area contributed by atoms with Crippen LogP contribution in [-0.2, 0) is 23.8 Å². The molecule has 4 amide bonds. The molecular weight excluding hydrogens is 811 g/mol. The molecule has 2 bridgehead atoms. The number of carbonyl (C=O) groups is 4. The first-order valence-corrected chi connectivity index (χ1v) is 22.0. The number of aromatic amines is 1. The van der Waals surface area contributed by atoms with Crippen LogP contribution in [0.5, 0.6) is 0 Å². The van der Waals surface area contributed by atoms with Crippen molar-refractivity contribution in [2.75, 3.05) is 27.9 Å². The van der Waals surface area contributed by atoms with Gasteiger partial charge in [0.2, 0.25) is 5.91 Å². The summed E-state index contributed by atoms with van der Waals surface area (Å²) in [5.74, 6) is 0.669. The number of fused-ring (bicyclic) bond motifs is 3. The number of nitrogens with zero attached hydrogens (tertiary/aromatic N) is 4. The average Bonchev–Trinajstić information content (AvgIpc) is 4.21. The molecule has 0 spiro atoms. The highest BCUT2D eigenvalue weighted by Gasteiger charge is 2.52. The quantitative estimate of drug-likeness (QED) is 0.114. The fourth-order valence-corrected chi connectivity index (χ4v) is 10.1. The van der Waals surface area contributed by atoms with Crippen LogP contribution in [0.2, 0.25) is 0 Å². The highest BCUT2D eigenvalue weighted by Crippen LogP contribution is 2.45.